The minimum Gasteiger partial charge on any atom is -0.487 e. The zero-order valence-electron chi connectivity index (χ0n) is 9.30. The summed E-state index contributed by atoms with van der Waals surface area (Å²) >= 11 is 1.23. The fourth-order valence-corrected chi connectivity index (χ4v) is 1.98. The van der Waals surface area contributed by atoms with Crippen LogP contribution in [-0.4, -0.2) is 16.1 Å². The summed E-state index contributed by atoms with van der Waals surface area (Å²) < 4.78 is 17.7. The van der Waals surface area contributed by atoms with Gasteiger partial charge in [-0.3, -0.25) is 0 Å². The van der Waals surface area contributed by atoms with Crippen LogP contribution in [-0.2, 0) is 13.3 Å². The minimum atomic E-state index is -1.01. The number of aromatic nitrogens is 1. The van der Waals surface area contributed by atoms with Crippen molar-refractivity contribution >= 4 is 17.3 Å². The summed E-state index contributed by atoms with van der Waals surface area (Å²) in [6, 6.07) is 6.19. The van der Waals surface area contributed by atoms with Crippen molar-refractivity contribution in [2.75, 3.05) is 0 Å². The van der Waals surface area contributed by atoms with Crippen LogP contribution in [0, 0.1) is 0 Å². The Balaban J connectivity index is 2.01. The third-order valence-electron chi connectivity index (χ3n) is 2.18. The van der Waals surface area contributed by atoms with Gasteiger partial charge in [0.1, 0.15) is 24.0 Å². The molecule has 1 aromatic carbocycles. The highest BCUT2D eigenvalue weighted by atomic mass is 32.1. The van der Waals surface area contributed by atoms with E-state index in [4.69, 9.17) is 9.84 Å². The number of benzene rings is 1. The van der Waals surface area contributed by atoms with E-state index in [1.165, 1.54) is 23.5 Å². The van der Waals surface area contributed by atoms with Gasteiger partial charge in [-0.2, -0.15) is 0 Å². The molecule has 0 atom stereocenters. The van der Waals surface area contributed by atoms with Crippen molar-refractivity contribution in [1.82, 2.24) is 4.98 Å². The first-order valence-electron chi connectivity index (χ1n) is 5.14. The van der Waals surface area contributed by atoms with Crippen LogP contribution in [0.25, 0.3) is 0 Å². The van der Waals surface area contributed by atoms with Gasteiger partial charge in [-0.1, -0.05) is 6.07 Å². The first-order valence-corrected chi connectivity index (χ1v) is 6.02. The first-order chi connectivity index (χ1) is 8.69. The molecular weight excluding hydrogens is 257 g/mol. The van der Waals surface area contributed by atoms with Crippen LogP contribution in [0.3, 0.4) is 0 Å². The van der Waals surface area contributed by atoms with E-state index >= 15 is 0 Å². The van der Waals surface area contributed by atoms with Gasteiger partial charge in [-0.25, -0.2) is 14.2 Å². The number of ether oxygens (including phenoxy) is 1. The Morgan fingerprint density at radius 1 is 1.50 bits per heavy atom. The number of hydrogen-bond donors (Lipinski definition) is 1. The Bertz CT molecular complexity index is 556. The standard InChI is InChI=1S/C12H10FNO3S/c13-5-11-14-9(7-18-11)6-17-10-3-1-2-8(4-10)12(15)16/h1-4,7H,5-6H2,(H,15,16). The maximum Gasteiger partial charge on any atom is 0.335 e. The molecule has 18 heavy (non-hydrogen) atoms. The lowest BCUT2D eigenvalue weighted by atomic mass is 10.2. The molecular formula is C12H10FNO3S. The van der Waals surface area contributed by atoms with Crippen LogP contribution in [0.4, 0.5) is 4.39 Å². The molecule has 1 N–H and O–H groups in total. The van der Waals surface area contributed by atoms with Crippen LogP contribution < -0.4 is 4.74 Å². The molecule has 94 valence electrons. The number of carbonyl (C=O) groups is 1. The molecule has 0 aliphatic carbocycles. The highest BCUT2D eigenvalue weighted by Gasteiger charge is 2.05. The van der Waals surface area contributed by atoms with Gasteiger partial charge in [-0.05, 0) is 18.2 Å². The third kappa shape index (κ3) is 3.04. The Morgan fingerprint density at radius 2 is 2.33 bits per heavy atom. The largest absolute Gasteiger partial charge is 0.487 e. The van der Waals surface area contributed by atoms with Gasteiger partial charge in [0.15, 0.2) is 0 Å². The van der Waals surface area contributed by atoms with Gasteiger partial charge < -0.3 is 9.84 Å². The van der Waals surface area contributed by atoms with E-state index in [0.717, 1.165) is 0 Å². The van der Waals surface area contributed by atoms with Crippen LogP contribution in [0.2, 0.25) is 0 Å². The quantitative estimate of drug-likeness (QED) is 0.904. The van der Waals surface area contributed by atoms with Crippen LogP contribution in [0.5, 0.6) is 5.75 Å². The van der Waals surface area contributed by atoms with E-state index in [-0.39, 0.29) is 12.2 Å². The van der Waals surface area contributed by atoms with Gasteiger partial charge in [0.05, 0.1) is 11.3 Å². The molecule has 0 bridgehead atoms. The molecule has 0 aliphatic rings. The minimum absolute atomic E-state index is 0.162. The van der Waals surface area contributed by atoms with E-state index in [9.17, 15) is 9.18 Å². The summed E-state index contributed by atoms with van der Waals surface area (Å²) in [4.78, 5) is 14.8. The lowest BCUT2D eigenvalue weighted by Crippen LogP contribution is -1.99. The Kier molecular flexibility index (Phi) is 3.88. The maximum atomic E-state index is 12.3. The Labute approximate surface area is 107 Å². The van der Waals surface area contributed by atoms with Gasteiger partial charge in [0.25, 0.3) is 0 Å². The van der Waals surface area contributed by atoms with Crippen LogP contribution in [0.15, 0.2) is 29.6 Å². The molecule has 0 fully saturated rings. The Hall–Kier alpha value is -1.95. The second-order valence-corrected chi connectivity index (χ2v) is 4.43. The van der Waals surface area contributed by atoms with Gasteiger partial charge in [-0.15, -0.1) is 11.3 Å². The average Bonchev–Trinajstić information content (AvgIpc) is 2.84. The highest BCUT2D eigenvalue weighted by molar-refractivity contribution is 7.09. The van der Waals surface area contributed by atoms with Crippen molar-refractivity contribution < 1.29 is 19.0 Å². The SMILES string of the molecule is O=C(O)c1cccc(OCc2csc(CF)n2)c1. The number of rotatable bonds is 5. The predicted octanol–water partition coefficient (Wildman–Crippen LogP) is 2.89. The van der Waals surface area contributed by atoms with Crippen molar-refractivity contribution in [2.24, 2.45) is 0 Å². The van der Waals surface area contributed by atoms with Crippen molar-refractivity contribution in [3.63, 3.8) is 0 Å². The molecule has 4 nitrogen and oxygen atoms in total. The fraction of sp³-hybridized carbons (Fsp3) is 0.167. The topological polar surface area (TPSA) is 59.4 Å². The molecule has 0 spiro atoms. The number of alkyl halides is 1. The molecule has 1 heterocycles. The lowest BCUT2D eigenvalue weighted by Gasteiger charge is -2.04. The molecule has 0 saturated heterocycles. The smallest absolute Gasteiger partial charge is 0.335 e. The number of halogens is 1. The maximum absolute atomic E-state index is 12.3. The molecule has 1 aromatic heterocycles. The molecule has 6 heteroatoms. The molecule has 0 saturated carbocycles. The van der Waals surface area contributed by atoms with Crippen molar-refractivity contribution in [2.45, 2.75) is 13.3 Å². The van der Waals surface area contributed by atoms with E-state index in [1.807, 2.05) is 0 Å². The Morgan fingerprint density at radius 3 is 3.00 bits per heavy atom. The summed E-state index contributed by atoms with van der Waals surface area (Å²) in [7, 11) is 0. The van der Waals surface area contributed by atoms with E-state index in [1.54, 1.807) is 17.5 Å². The molecule has 2 aromatic rings. The zero-order chi connectivity index (χ0) is 13.0. The van der Waals surface area contributed by atoms with E-state index in [0.29, 0.717) is 16.5 Å². The number of carboxylic acids is 1. The third-order valence-corrected chi connectivity index (χ3v) is 3.04. The van der Waals surface area contributed by atoms with Gasteiger partial charge in [0.2, 0.25) is 0 Å². The predicted molar refractivity (Wildman–Crippen MR) is 64.7 cm³/mol. The molecule has 0 radical (unpaired) electrons. The molecule has 2 rings (SSSR count). The summed E-state index contributed by atoms with van der Waals surface area (Å²) in [5, 5.41) is 11.0. The number of aromatic carboxylic acids is 1. The average molecular weight is 267 g/mol. The second-order valence-electron chi connectivity index (χ2n) is 3.49. The number of thiazole rings is 1. The van der Waals surface area contributed by atoms with Crippen LogP contribution >= 0.6 is 11.3 Å². The summed E-state index contributed by atoms with van der Waals surface area (Å²) in [6.07, 6.45) is 0. The zero-order valence-corrected chi connectivity index (χ0v) is 10.1. The monoisotopic (exact) mass is 267 g/mol. The molecule has 0 amide bonds. The van der Waals surface area contributed by atoms with E-state index in [2.05, 4.69) is 4.98 Å². The number of hydrogen-bond acceptors (Lipinski definition) is 4. The number of carboxylic acid groups (broad SMARTS) is 1. The number of nitrogens with zero attached hydrogens (tertiary/aromatic N) is 1. The normalized spacial score (nSPS) is 10.3. The summed E-state index contributed by atoms with van der Waals surface area (Å²) in [5.41, 5.74) is 0.795. The molecule has 0 unspecified atom stereocenters. The molecule has 0 aliphatic heterocycles. The van der Waals surface area contributed by atoms with Crippen molar-refractivity contribution in [3.05, 3.63) is 45.9 Å². The van der Waals surface area contributed by atoms with Crippen LogP contribution in [0.1, 0.15) is 21.1 Å². The highest BCUT2D eigenvalue weighted by Crippen LogP contribution is 2.16. The van der Waals surface area contributed by atoms with Gasteiger partial charge >= 0.3 is 5.97 Å². The van der Waals surface area contributed by atoms with Crippen molar-refractivity contribution in [3.8, 4) is 5.75 Å². The first kappa shape index (κ1) is 12.5. The lowest BCUT2D eigenvalue weighted by molar-refractivity contribution is 0.0696. The summed E-state index contributed by atoms with van der Waals surface area (Å²) in [5.74, 6) is -0.557. The fourth-order valence-electron chi connectivity index (χ4n) is 1.35. The van der Waals surface area contributed by atoms with E-state index < -0.39 is 12.6 Å². The summed E-state index contributed by atoms with van der Waals surface area (Å²) in [6.45, 7) is -0.390. The van der Waals surface area contributed by atoms with Gasteiger partial charge in [0, 0.05) is 5.38 Å². The van der Waals surface area contributed by atoms with Crippen molar-refractivity contribution in [1.29, 1.82) is 0 Å². The second kappa shape index (κ2) is 5.59.